The molecule has 1 aliphatic carbocycles. The molecule has 94 valence electrons. The van der Waals surface area contributed by atoms with Crippen molar-refractivity contribution in [2.24, 2.45) is 0 Å². The molecule has 2 aromatic carbocycles. The third-order valence-electron chi connectivity index (χ3n) is 4.02. The second-order valence-corrected chi connectivity index (χ2v) is 4.93. The van der Waals surface area contributed by atoms with Crippen molar-refractivity contribution in [1.82, 2.24) is 5.32 Å². The van der Waals surface area contributed by atoms with Gasteiger partial charge >= 0.3 is 0 Å². The summed E-state index contributed by atoms with van der Waals surface area (Å²) >= 11 is 0. The molecule has 2 nitrogen and oxygen atoms in total. The second kappa shape index (κ2) is 4.62. The summed E-state index contributed by atoms with van der Waals surface area (Å²) in [4.78, 5) is 0. The molecule has 1 N–H and O–H groups in total. The Labute approximate surface area is 108 Å². The Balaban J connectivity index is 2.31. The third kappa shape index (κ3) is 1.68. The van der Waals surface area contributed by atoms with Crippen molar-refractivity contribution in [3.63, 3.8) is 0 Å². The average Bonchev–Trinajstić information content (AvgIpc) is 2.45. The van der Waals surface area contributed by atoms with Crippen LogP contribution in [0.25, 0.3) is 10.8 Å². The molecule has 0 fully saturated rings. The summed E-state index contributed by atoms with van der Waals surface area (Å²) in [5, 5.41) is 6.01. The van der Waals surface area contributed by atoms with E-state index in [9.17, 15) is 0 Å². The van der Waals surface area contributed by atoms with Crippen molar-refractivity contribution in [3.05, 3.63) is 41.5 Å². The number of ether oxygens (including phenoxy) is 1. The van der Waals surface area contributed by atoms with Crippen LogP contribution in [0.3, 0.4) is 0 Å². The van der Waals surface area contributed by atoms with Gasteiger partial charge in [-0.05, 0) is 48.9 Å². The number of aryl methyl sites for hydroxylation is 1. The lowest BCUT2D eigenvalue weighted by Crippen LogP contribution is -2.21. The van der Waals surface area contributed by atoms with Crippen LogP contribution in [0.5, 0.6) is 5.75 Å². The van der Waals surface area contributed by atoms with E-state index < -0.39 is 0 Å². The summed E-state index contributed by atoms with van der Waals surface area (Å²) in [6, 6.07) is 11.2. The lowest BCUT2D eigenvalue weighted by molar-refractivity contribution is 0.416. The number of rotatable bonds is 2. The summed E-state index contributed by atoms with van der Waals surface area (Å²) in [5.41, 5.74) is 2.91. The van der Waals surface area contributed by atoms with E-state index >= 15 is 0 Å². The van der Waals surface area contributed by atoms with E-state index in [-0.39, 0.29) is 0 Å². The molecule has 1 atom stereocenters. The van der Waals surface area contributed by atoms with E-state index in [0.29, 0.717) is 6.04 Å². The molecule has 0 heterocycles. The van der Waals surface area contributed by atoms with Gasteiger partial charge in [-0.3, -0.25) is 0 Å². The van der Waals surface area contributed by atoms with Crippen molar-refractivity contribution in [1.29, 1.82) is 0 Å². The highest BCUT2D eigenvalue weighted by atomic mass is 16.5. The molecule has 0 saturated carbocycles. The molecular weight excluding hydrogens is 222 g/mol. The van der Waals surface area contributed by atoms with E-state index in [1.54, 1.807) is 7.11 Å². The van der Waals surface area contributed by atoms with Gasteiger partial charge in [0.25, 0.3) is 0 Å². The monoisotopic (exact) mass is 241 g/mol. The lowest BCUT2D eigenvalue weighted by Gasteiger charge is -2.27. The van der Waals surface area contributed by atoms with Crippen LogP contribution in [0.4, 0.5) is 0 Å². The normalized spacial score (nSPS) is 18.7. The van der Waals surface area contributed by atoms with Crippen molar-refractivity contribution in [3.8, 4) is 5.75 Å². The Morgan fingerprint density at radius 2 is 2.00 bits per heavy atom. The molecule has 0 radical (unpaired) electrons. The molecule has 18 heavy (non-hydrogen) atoms. The first-order valence-corrected chi connectivity index (χ1v) is 6.61. The topological polar surface area (TPSA) is 21.3 Å². The molecule has 0 spiro atoms. The Hall–Kier alpha value is -1.54. The Bertz CT molecular complexity index is 577. The van der Waals surface area contributed by atoms with Crippen molar-refractivity contribution in [2.45, 2.75) is 25.3 Å². The van der Waals surface area contributed by atoms with Crippen LogP contribution < -0.4 is 10.1 Å². The van der Waals surface area contributed by atoms with E-state index in [1.165, 1.54) is 41.2 Å². The first-order chi connectivity index (χ1) is 8.85. The molecule has 0 saturated heterocycles. The van der Waals surface area contributed by atoms with Crippen LogP contribution in [0, 0.1) is 0 Å². The lowest BCUT2D eigenvalue weighted by atomic mass is 9.84. The van der Waals surface area contributed by atoms with Crippen LogP contribution in [-0.4, -0.2) is 14.2 Å². The molecule has 0 amide bonds. The van der Waals surface area contributed by atoms with Crippen molar-refractivity contribution in [2.75, 3.05) is 14.2 Å². The second-order valence-electron chi connectivity index (χ2n) is 4.93. The molecule has 2 aromatic rings. The van der Waals surface area contributed by atoms with E-state index in [0.717, 1.165) is 5.75 Å². The fraction of sp³-hybridized carbons (Fsp3) is 0.375. The molecule has 0 bridgehead atoms. The van der Waals surface area contributed by atoms with Gasteiger partial charge in [0.05, 0.1) is 7.11 Å². The largest absolute Gasteiger partial charge is 0.496 e. The summed E-state index contributed by atoms with van der Waals surface area (Å²) < 4.78 is 5.56. The van der Waals surface area contributed by atoms with E-state index in [2.05, 4.69) is 35.6 Å². The van der Waals surface area contributed by atoms with Crippen LogP contribution in [0.1, 0.15) is 30.0 Å². The molecule has 1 aliphatic rings. The number of fused-ring (bicyclic) bond motifs is 3. The quantitative estimate of drug-likeness (QED) is 0.869. The Kier molecular flexibility index (Phi) is 2.96. The number of methoxy groups -OCH3 is 1. The molecular formula is C16H19NO. The average molecular weight is 241 g/mol. The maximum Gasteiger partial charge on any atom is 0.127 e. The minimum absolute atomic E-state index is 0.465. The molecule has 2 heteroatoms. The standard InChI is InChI=1S/C16H19NO/c1-17-15-9-5-8-12-11-6-3-4-7-13(11)16(18-2)10-14(12)15/h3-4,6-7,10,15,17H,5,8-9H2,1-2H3. The van der Waals surface area contributed by atoms with Gasteiger partial charge in [-0.15, -0.1) is 0 Å². The van der Waals surface area contributed by atoms with Gasteiger partial charge in [-0.2, -0.15) is 0 Å². The first-order valence-electron chi connectivity index (χ1n) is 6.61. The SMILES string of the molecule is CNC1CCCc2c1cc(OC)c1ccccc21. The van der Waals surface area contributed by atoms with Crippen LogP contribution in [0.2, 0.25) is 0 Å². The van der Waals surface area contributed by atoms with Gasteiger partial charge in [0, 0.05) is 11.4 Å². The predicted octanol–water partition coefficient (Wildman–Crippen LogP) is 3.45. The summed E-state index contributed by atoms with van der Waals surface area (Å²) in [5.74, 6) is 0.992. The minimum atomic E-state index is 0.465. The highest BCUT2D eigenvalue weighted by Gasteiger charge is 2.22. The number of nitrogens with one attached hydrogen (secondary N) is 1. The zero-order valence-corrected chi connectivity index (χ0v) is 11.0. The highest BCUT2D eigenvalue weighted by molar-refractivity contribution is 5.92. The van der Waals surface area contributed by atoms with E-state index in [1.807, 2.05) is 7.05 Å². The Morgan fingerprint density at radius 1 is 1.22 bits per heavy atom. The molecule has 0 aliphatic heterocycles. The minimum Gasteiger partial charge on any atom is -0.496 e. The summed E-state index contributed by atoms with van der Waals surface area (Å²) in [6.07, 6.45) is 3.65. The highest BCUT2D eigenvalue weighted by Crippen LogP contribution is 2.39. The summed E-state index contributed by atoms with van der Waals surface area (Å²) in [7, 11) is 3.80. The maximum absolute atomic E-state index is 5.56. The smallest absolute Gasteiger partial charge is 0.127 e. The fourth-order valence-electron chi connectivity index (χ4n) is 3.12. The van der Waals surface area contributed by atoms with Gasteiger partial charge in [-0.1, -0.05) is 24.3 Å². The Morgan fingerprint density at radius 3 is 2.72 bits per heavy atom. The van der Waals surface area contributed by atoms with Gasteiger partial charge in [0.2, 0.25) is 0 Å². The van der Waals surface area contributed by atoms with Gasteiger partial charge < -0.3 is 10.1 Å². The van der Waals surface area contributed by atoms with Gasteiger partial charge in [-0.25, -0.2) is 0 Å². The molecule has 1 unspecified atom stereocenters. The molecule has 3 rings (SSSR count). The van der Waals surface area contributed by atoms with Crippen molar-refractivity contribution < 1.29 is 4.74 Å². The van der Waals surface area contributed by atoms with Gasteiger partial charge in [0.1, 0.15) is 5.75 Å². The zero-order valence-electron chi connectivity index (χ0n) is 11.0. The number of hydrogen-bond donors (Lipinski definition) is 1. The third-order valence-corrected chi connectivity index (χ3v) is 4.02. The number of hydrogen-bond acceptors (Lipinski definition) is 2. The fourth-order valence-corrected chi connectivity index (χ4v) is 3.12. The maximum atomic E-state index is 5.56. The summed E-state index contributed by atoms with van der Waals surface area (Å²) in [6.45, 7) is 0. The zero-order chi connectivity index (χ0) is 12.5. The van der Waals surface area contributed by atoms with E-state index in [4.69, 9.17) is 4.74 Å². The molecule has 0 aromatic heterocycles. The van der Waals surface area contributed by atoms with Crippen LogP contribution in [-0.2, 0) is 6.42 Å². The number of benzene rings is 2. The van der Waals surface area contributed by atoms with Gasteiger partial charge in [0.15, 0.2) is 0 Å². The van der Waals surface area contributed by atoms with Crippen molar-refractivity contribution >= 4 is 10.8 Å². The van der Waals surface area contributed by atoms with Crippen LogP contribution in [0.15, 0.2) is 30.3 Å². The predicted molar refractivity (Wildman–Crippen MR) is 75.2 cm³/mol. The van der Waals surface area contributed by atoms with Crippen LogP contribution >= 0.6 is 0 Å². The first kappa shape index (κ1) is 11.5.